The molecule has 1 aliphatic heterocycles. The van der Waals surface area contributed by atoms with Gasteiger partial charge in [-0.05, 0) is 30.2 Å². The summed E-state index contributed by atoms with van der Waals surface area (Å²) < 4.78 is 18.3. The van der Waals surface area contributed by atoms with Crippen molar-refractivity contribution >= 4 is 5.78 Å². The topological polar surface area (TPSA) is 26.3 Å². The van der Waals surface area contributed by atoms with Crippen LogP contribution < -0.4 is 0 Å². The number of carbonyl (C=O) groups excluding carboxylic acids is 1. The predicted molar refractivity (Wildman–Crippen MR) is 53.7 cm³/mol. The van der Waals surface area contributed by atoms with E-state index in [9.17, 15) is 9.18 Å². The molecule has 0 saturated carbocycles. The summed E-state index contributed by atoms with van der Waals surface area (Å²) >= 11 is 0. The highest BCUT2D eigenvalue weighted by Crippen LogP contribution is 2.28. The zero-order valence-corrected chi connectivity index (χ0v) is 8.37. The third kappa shape index (κ3) is 2.06. The van der Waals surface area contributed by atoms with Crippen LogP contribution in [0.1, 0.15) is 23.7 Å². The van der Waals surface area contributed by atoms with Gasteiger partial charge in [-0.15, -0.1) is 0 Å². The van der Waals surface area contributed by atoms with Crippen LogP contribution in [0.3, 0.4) is 0 Å². The number of aryl methyl sites for hydroxylation is 1. The van der Waals surface area contributed by atoms with Gasteiger partial charge >= 0.3 is 0 Å². The molecule has 0 radical (unpaired) electrons. The van der Waals surface area contributed by atoms with Gasteiger partial charge in [-0.3, -0.25) is 4.79 Å². The molecule has 78 valence electrons. The monoisotopic (exact) mass is 206 g/mol. The largest absolute Gasteiger partial charge is 0.493 e. The molecule has 2 rings (SSSR count). The summed E-state index contributed by atoms with van der Waals surface area (Å²) in [4.78, 5) is 11.2. The minimum atomic E-state index is -0.349. The summed E-state index contributed by atoms with van der Waals surface area (Å²) in [6, 6.07) is 4.52. The molecule has 0 aromatic heterocycles. The quantitative estimate of drug-likeness (QED) is 0.706. The summed E-state index contributed by atoms with van der Waals surface area (Å²) in [6.07, 6.45) is 2.70. The fourth-order valence-corrected chi connectivity index (χ4v) is 1.65. The molecule has 1 atom stereocenters. The SMILES string of the molecule is Cc1ccc(F)cc1C1CC(=O)C=CO1. The highest BCUT2D eigenvalue weighted by atomic mass is 19.1. The number of carbonyl (C=O) groups is 1. The van der Waals surface area contributed by atoms with Gasteiger partial charge in [0, 0.05) is 6.08 Å². The highest BCUT2D eigenvalue weighted by Gasteiger charge is 2.20. The Labute approximate surface area is 87.4 Å². The first kappa shape index (κ1) is 9.90. The molecule has 2 nitrogen and oxygen atoms in total. The lowest BCUT2D eigenvalue weighted by Crippen LogP contribution is -2.12. The van der Waals surface area contributed by atoms with Crippen molar-refractivity contribution < 1.29 is 13.9 Å². The van der Waals surface area contributed by atoms with Crippen LogP contribution in [0.4, 0.5) is 4.39 Å². The van der Waals surface area contributed by atoms with E-state index in [1.54, 1.807) is 6.07 Å². The lowest BCUT2D eigenvalue weighted by Gasteiger charge is -2.20. The van der Waals surface area contributed by atoms with E-state index in [1.165, 1.54) is 24.5 Å². The second-order valence-electron chi connectivity index (χ2n) is 3.60. The van der Waals surface area contributed by atoms with E-state index in [-0.39, 0.29) is 24.1 Å². The van der Waals surface area contributed by atoms with Gasteiger partial charge in [-0.1, -0.05) is 6.07 Å². The first-order chi connectivity index (χ1) is 7.16. The fourth-order valence-electron chi connectivity index (χ4n) is 1.65. The Morgan fingerprint density at radius 1 is 1.47 bits per heavy atom. The van der Waals surface area contributed by atoms with E-state index in [2.05, 4.69) is 0 Å². The van der Waals surface area contributed by atoms with Gasteiger partial charge in [0.15, 0.2) is 5.78 Å². The number of allylic oxidation sites excluding steroid dienone is 1. The Balaban J connectivity index is 2.33. The van der Waals surface area contributed by atoms with Gasteiger partial charge in [0.25, 0.3) is 0 Å². The van der Waals surface area contributed by atoms with E-state index < -0.39 is 0 Å². The first-order valence-corrected chi connectivity index (χ1v) is 4.78. The van der Waals surface area contributed by atoms with Crippen LogP contribution in [0.25, 0.3) is 0 Å². The average Bonchev–Trinajstić information content (AvgIpc) is 2.22. The van der Waals surface area contributed by atoms with Crippen LogP contribution in [-0.2, 0) is 9.53 Å². The van der Waals surface area contributed by atoms with Crippen LogP contribution in [0.15, 0.2) is 30.5 Å². The second-order valence-corrected chi connectivity index (χ2v) is 3.60. The van der Waals surface area contributed by atoms with Gasteiger partial charge in [0.1, 0.15) is 11.9 Å². The molecule has 1 unspecified atom stereocenters. The summed E-state index contributed by atoms with van der Waals surface area (Å²) in [7, 11) is 0. The number of hydrogen-bond donors (Lipinski definition) is 0. The zero-order chi connectivity index (χ0) is 10.8. The summed E-state index contributed by atoms with van der Waals surface area (Å²) in [5.41, 5.74) is 1.68. The Bertz CT molecular complexity index is 424. The molecule has 1 aromatic carbocycles. The molecule has 0 aliphatic carbocycles. The van der Waals surface area contributed by atoms with Gasteiger partial charge in [0.2, 0.25) is 0 Å². The molecule has 1 heterocycles. The van der Waals surface area contributed by atoms with E-state index in [4.69, 9.17) is 4.74 Å². The first-order valence-electron chi connectivity index (χ1n) is 4.78. The molecule has 0 N–H and O–H groups in total. The number of ketones is 1. The van der Waals surface area contributed by atoms with Crippen molar-refractivity contribution in [2.24, 2.45) is 0 Å². The van der Waals surface area contributed by atoms with Gasteiger partial charge in [-0.2, -0.15) is 0 Å². The van der Waals surface area contributed by atoms with Crippen molar-refractivity contribution in [2.45, 2.75) is 19.4 Å². The number of rotatable bonds is 1. The number of benzene rings is 1. The van der Waals surface area contributed by atoms with Crippen molar-refractivity contribution in [1.29, 1.82) is 0 Å². The van der Waals surface area contributed by atoms with Gasteiger partial charge in [-0.25, -0.2) is 4.39 Å². The molecule has 0 saturated heterocycles. The molecule has 15 heavy (non-hydrogen) atoms. The van der Waals surface area contributed by atoms with Crippen molar-refractivity contribution in [2.75, 3.05) is 0 Å². The predicted octanol–water partition coefficient (Wildman–Crippen LogP) is 2.68. The van der Waals surface area contributed by atoms with Crippen molar-refractivity contribution in [3.05, 3.63) is 47.5 Å². The zero-order valence-electron chi connectivity index (χ0n) is 8.37. The Morgan fingerprint density at radius 3 is 3.00 bits per heavy atom. The summed E-state index contributed by atoms with van der Waals surface area (Å²) in [6.45, 7) is 1.88. The maximum atomic E-state index is 13.0. The Morgan fingerprint density at radius 2 is 2.27 bits per heavy atom. The van der Waals surface area contributed by atoms with Crippen molar-refractivity contribution in [1.82, 2.24) is 0 Å². The third-order valence-corrected chi connectivity index (χ3v) is 2.47. The van der Waals surface area contributed by atoms with E-state index in [0.717, 1.165) is 11.1 Å². The van der Waals surface area contributed by atoms with E-state index in [0.29, 0.717) is 0 Å². The highest BCUT2D eigenvalue weighted by molar-refractivity contribution is 5.90. The Kier molecular flexibility index (Phi) is 2.54. The van der Waals surface area contributed by atoms with Crippen LogP contribution in [0.2, 0.25) is 0 Å². The molecule has 1 aliphatic rings. The molecule has 0 bridgehead atoms. The van der Waals surface area contributed by atoms with Crippen LogP contribution in [0, 0.1) is 12.7 Å². The van der Waals surface area contributed by atoms with Crippen LogP contribution >= 0.6 is 0 Å². The maximum Gasteiger partial charge on any atom is 0.162 e. The van der Waals surface area contributed by atoms with Crippen LogP contribution in [-0.4, -0.2) is 5.78 Å². The summed E-state index contributed by atoms with van der Waals surface area (Å²) in [5.74, 6) is -0.295. The summed E-state index contributed by atoms with van der Waals surface area (Å²) in [5, 5.41) is 0. The normalized spacial score (nSPS) is 20.1. The molecular formula is C12H11FO2. The molecule has 0 spiro atoms. The standard InChI is InChI=1S/C12H11FO2/c1-8-2-3-9(13)6-11(8)12-7-10(14)4-5-15-12/h2-6,12H,7H2,1H3. The van der Waals surface area contributed by atoms with Crippen molar-refractivity contribution in [3.63, 3.8) is 0 Å². The fraction of sp³-hybridized carbons (Fsp3) is 0.250. The molecule has 3 heteroatoms. The minimum Gasteiger partial charge on any atom is -0.493 e. The average molecular weight is 206 g/mol. The lowest BCUT2D eigenvalue weighted by molar-refractivity contribution is -0.118. The second kappa shape index (κ2) is 3.85. The van der Waals surface area contributed by atoms with Crippen LogP contribution in [0.5, 0.6) is 0 Å². The van der Waals surface area contributed by atoms with Gasteiger partial charge < -0.3 is 4.74 Å². The van der Waals surface area contributed by atoms with Gasteiger partial charge in [0.05, 0.1) is 12.7 Å². The lowest BCUT2D eigenvalue weighted by atomic mass is 9.98. The molecule has 1 aromatic rings. The van der Waals surface area contributed by atoms with E-state index in [1.807, 2.05) is 6.92 Å². The van der Waals surface area contributed by atoms with Crippen molar-refractivity contribution in [3.8, 4) is 0 Å². The number of halogens is 1. The number of hydrogen-bond acceptors (Lipinski definition) is 2. The molecule has 0 fully saturated rings. The smallest absolute Gasteiger partial charge is 0.162 e. The number of ether oxygens (including phenoxy) is 1. The Hall–Kier alpha value is -1.64. The molecular weight excluding hydrogens is 195 g/mol. The third-order valence-electron chi connectivity index (χ3n) is 2.47. The van der Waals surface area contributed by atoms with E-state index >= 15 is 0 Å². The maximum absolute atomic E-state index is 13.0. The molecule has 0 amide bonds. The minimum absolute atomic E-state index is 0.00918.